The standard InChI is InChI=1S/C22H27N5O7.C11H22O.CH4O/c23-32-13-27-18(26-12-11-17(29)25-22(26)31)10-9-15(28)21(27)34-19-8-4-7-16(33-19)20(30)24-14-5-2-1-3-6-14;1-3-4-5-6-7-8-9-10-11(2)12;1-2/h1-3,5-7,11-12,15,18-19,21,28H,4,8-10,13,23H2,(H,24,30)(H,25,29,31);3-10H2,1-2H3;2H,1H3. The van der Waals surface area contributed by atoms with Gasteiger partial charge in [-0.3, -0.25) is 24.0 Å². The van der Waals surface area contributed by atoms with Gasteiger partial charge in [-0.05, 0) is 50.8 Å². The van der Waals surface area contributed by atoms with Crippen LogP contribution in [0.2, 0.25) is 0 Å². The second-order valence-electron chi connectivity index (χ2n) is 11.6. The van der Waals surface area contributed by atoms with Crippen LogP contribution in [0.3, 0.4) is 0 Å². The molecule has 0 bridgehead atoms. The number of benzene rings is 1. The number of carbonyl (C=O) groups excluding carboxylic acids is 2. The summed E-state index contributed by atoms with van der Waals surface area (Å²) in [5.41, 5.74) is -0.496. The number of aliphatic hydroxyl groups is 2. The number of unbranched alkanes of at least 4 members (excludes halogenated alkanes) is 6. The Kier molecular flexibility index (Phi) is 19.3. The van der Waals surface area contributed by atoms with Crippen LogP contribution in [0.4, 0.5) is 5.69 Å². The fourth-order valence-electron chi connectivity index (χ4n) is 5.44. The number of likely N-dealkylation sites (tertiary alicyclic amines) is 1. The van der Waals surface area contributed by atoms with Gasteiger partial charge in [0.2, 0.25) is 6.29 Å². The molecule has 4 rings (SSSR count). The molecule has 0 saturated carbocycles. The Morgan fingerprint density at radius 2 is 1.71 bits per heavy atom. The van der Waals surface area contributed by atoms with Crippen LogP contribution in [0.1, 0.15) is 97.1 Å². The number of aromatic amines is 1. The number of amides is 1. The fraction of sp³-hybridized carbons (Fsp3) is 0.588. The molecule has 2 aliphatic heterocycles. The SMILES string of the molecule is CCCCCCCCCC(C)=O.CO.NOCN1C(OC2CCC=C(C(=O)Nc3ccccc3)O2)C(O)CCC1n1ccc(=O)[nH]c1=O. The van der Waals surface area contributed by atoms with Gasteiger partial charge in [-0.25, -0.2) is 15.6 Å². The number of aliphatic hydroxyl groups excluding tert-OH is 2. The Hall–Kier alpha value is -3.66. The normalized spacial score (nSPS) is 20.6. The summed E-state index contributed by atoms with van der Waals surface area (Å²) >= 11 is 0. The van der Waals surface area contributed by atoms with E-state index in [1.54, 1.807) is 42.2 Å². The summed E-state index contributed by atoms with van der Waals surface area (Å²) in [5.74, 6) is 5.36. The zero-order valence-corrected chi connectivity index (χ0v) is 28.3. The van der Waals surface area contributed by atoms with Crippen molar-refractivity contribution in [3.8, 4) is 0 Å². The van der Waals surface area contributed by atoms with E-state index in [9.17, 15) is 24.3 Å². The van der Waals surface area contributed by atoms with Crippen LogP contribution in [-0.4, -0.2) is 68.8 Å². The summed E-state index contributed by atoms with van der Waals surface area (Å²) < 4.78 is 13.2. The van der Waals surface area contributed by atoms with Gasteiger partial charge in [-0.15, -0.1) is 0 Å². The van der Waals surface area contributed by atoms with Gasteiger partial charge in [0.15, 0.2) is 5.76 Å². The highest BCUT2D eigenvalue weighted by Gasteiger charge is 2.41. The number of rotatable bonds is 15. The highest BCUT2D eigenvalue weighted by Crippen LogP contribution is 2.32. The molecule has 268 valence electrons. The fourth-order valence-corrected chi connectivity index (χ4v) is 5.44. The van der Waals surface area contributed by atoms with Gasteiger partial charge in [-0.2, -0.15) is 0 Å². The van der Waals surface area contributed by atoms with Gasteiger partial charge in [-0.1, -0.05) is 63.6 Å². The molecule has 14 nitrogen and oxygen atoms in total. The lowest BCUT2D eigenvalue weighted by Gasteiger charge is -2.44. The van der Waals surface area contributed by atoms with Crippen molar-refractivity contribution < 1.29 is 34.1 Å². The maximum atomic E-state index is 12.6. The number of nitrogens with zero attached hydrogens (tertiary/aromatic N) is 2. The minimum absolute atomic E-state index is 0.112. The molecule has 0 radical (unpaired) electrons. The molecule has 4 unspecified atom stereocenters. The van der Waals surface area contributed by atoms with E-state index in [4.69, 9.17) is 25.3 Å². The summed E-state index contributed by atoms with van der Waals surface area (Å²) in [4.78, 5) is 55.6. The van der Waals surface area contributed by atoms with Crippen LogP contribution in [0.25, 0.3) is 0 Å². The molecule has 4 atom stereocenters. The van der Waals surface area contributed by atoms with Crippen LogP contribution >= 0.6 is 0 Å². The Labute approximate surface area is 281 Å². The van der Waals surface area contributed by atoms with Crippen molar-refractivity contribution in [3.05, 3.63) is 75.3 Å². The average molecular weight is 676 g/mol. The molecule has 14 heteroatoms. The predicted molar refractivity (Wildman–Crippen MR) is 181 cm³/mol. The molecule has 6 N–H and O–H groups in total. The van der Waals surface area contributed by atoms with Gasteiger partial charge >= 0.3 is 5.69 Å². The van der Waals surface area contributed by atoms with Crippen molar-refractivity contribution >= 4 is 17.4 Å². The molecule has 3 heterocycles. The summed E-state index contributed by atoms with van der Waals surface area (Å²) in [6, 6.07) is 10.2. The summed E-state index contributed by atoms with van der Waals surface area (Å²) in [5, 5.41) is 20.4. The molecule has 48 heavy (non-hydrogen) atoms. The number of carbonyl (C=O) groups is 2. The van der Waals surface area contributed by atoms with E-state index in [1.165, 1.54) is 55.4 Å². The van der Waals surface area contributed by atoms with E-state index in [0.29, 0.717) is 37.2 Å². The second kappa shape index (κ2) is 22.8. The van der Waals surface area contributed by atoms with Crippen LogP contribution in [-0.2, 0) is 23.9 Å². The third-order valence-electron chi connectivity index (χ3n) is 7.82. The summed E-state index contributed by atoms with van der Waals surface area (Å²) in [7, 11) is 1.00. The number of anilines is 1. The molecule has 2 aliphatic rings. The minimum atomic E-state index is -0.942. The predicted octanol–water partition coefficient (Wildman–Crippen LogP) is 3.67. The first-order valence-electron chi connectivity index (χ1n) is 16.6. The number of nitrogens with one attached hydrogen (secondary N) is 2. The molecular formula is C34H53N5O9. The van der Waals surface area contributed by atoms with E-state index < -0.39 is 41.9 Å². The highest BCUT2D eigenvalue weighted by molar-refractivity contribution is 6.02. The third kappa shape index (κ3) is 13.8. The summed E-state index contributed by atoms with van der Waals surface area (Å²) in [6.45, 7) is 3.74. The maximum Gasteiger partial charge on any atom is 0.329 e. The highest BCUT2D eigenvalue weighted by atomic mass is 16.7. The quantitative estimate of drug-likeness (QED) is 0.136. The number of aromatic nitrogens is 2. The smallest absolute Gasteiger partial charge is 0.329 e. The molecular weight excluding hydrogens is 622 g/mol. The number of nitrogens with two attached hydrogens (primary N) is 1. The molecule has 1 amide bonds. The lowest BCUT2D eigenvalue weighted by Crippen LogP contribution is -2.56. The topological polar surface area (TPSA) is 198 Å². The van der Waals surface area contributed by atoms with Crippen molar-refractivity contribution in [2.45, 2.75) is 116 Å². The molecule has 1 aromatic heterocycles. The van der Waals surface area contributed by atoms with Gasteiger partial charge in [0.25, 0.3) is 11.5 Å². The van der Waals surface area contributed by atoms with Gasteiger partial charge in [0.05, 0.1) is 12.3 Å². The second-order valence-corrected chi connectivity index (χ2v) is 11.6. The Morgan fingerprint density at radius 3 is 2.35 bits per heavy atom. The largest absolute Gasteiger partial charge is 0.459 e. The molecule has 0 aliphatic carbocycles. The number of allylic oxidation sites excluding steroid dienone is 1. The van der Waals surface area contributed by atoms with Crippen molar-refractivity contribution in [1.82, 2.24) is 14.5 Å². The molecule has 1 fully saturated rings. The van der Waals surface area contributed by atoms with Gasteiger partial charge in [0.1, 0.15) is 18.7 Å². The van der Waals surface area contributed by atoms with E-state index >= 15 is 0 Å². The Balaban J connectivity index is 0.000000485. The molecule has 0 spiro atoms. The first-order valence-corrected chi connectivity index (χ1v) is 16.6. The molecule has 1 aromatic carbocycles. The number of ketones is 1. The van der Waals surface area contributed by atoms with E-state index in [-0.39, 0.29) is 12.5 Å². The van der Waals surface area contributed by atoms with Crippen LogP contribution in [0.15, 0.2) is 64.0 Å². The Morgan fingerprint density at radius 1 is 1.02 bits per heavy atom. The lowest BCUT2D eigenvalue weighted by atomic mass is 10.0. The third-order valence-corrected chi connectivity index (χ3v) is 7.82. The molecule has 1 saturated heterocycles. The first-order chi connectivity index (χ1) is 23.2. The number of para-hydroxylation sites is 1. The van der Waals surface area contributed by atoms with Crippen LogP contribution in [0.5, 0.6) is 0 Å². The van der Waals surface area contributed by atoms with Crippen molar-refractivity contribution in [2.75, 3.05) is 19.2 Å². The number of hydrogen-bond donors (Lipinski definition) is 5. The van der Waals surface area contributed by atoms with Gasteiger partial charge in [0, 0.05) is 37.9 Å². The number of H-pyrrole nitrogens is 1. The van der Waals surface area contributed by atoms with Crippen LogP contribution < -0.4 is 22.5 Å². The lowest BCUT2D eigenvalue weighted by molar-refractivity contribution is -0.265. The number of piperidine rings is 1. The number of Topliss-reactive ketones (excluding diaryl/α,β-unsaturated/α-hetero) is 1. The number of ether oxygens (including phenoxy) is 2. The zero-order valence-electron chi connectivity index (χ0n) is 28.3. The van der Waals surface area contributed by atoms with E-state index in [2.05, 4.69) is 17.2 Å². The minimum Gasteiger partial charge on any atom is -0.459 e. The maximum absolute atomic E-state index is 12.6. The van der Waals surface area contributed by atoms with Crippen LogP contribution in [0, 0.1) is 0 Å². The summed E-state index contributed by atoms with van der Waals surface area (Å²) in [6.07, 6.45) is 11.3. The zero-order chi connectivity index (χ0) is 35.3. The monoisotopic (exact) mass is 675 g/mol. The van der Waals surface area contributed by atoms with Crippen molar-refractivity contribution in [1.29, 1.82) is 0 Å². The molecule has 2 aromatic rings. The number of hydrogen-bond acceptors (Lipinski definition) is 11. The van der Waals surface area contributed by atoms with E-state index in [1.807, 2.05) is 6.07 Å². The van der Waals surface area contributed by atoms with E-state index in [0.717, 1.165) is 20.0 Å². The first kappa shape index (κ1) is 40.5. The van der Waals surface area contributed by atoms with Crippen molar-refractivity contribution in [2.24, 2.45) is 5.90 Å². The Bertz CT molecular complexity index is 1360. The van der Waals surface area contributed by atoms with Crippen molar-refractivity contribution in [3.63, 3.8) is 0 Å². The van der Waals surface area contributed by atoms with Gasteiger partial charge < -0.3 is 29.8 Å². The average Bonchev–Trinajstić information content (AvgIpc) is 3.08.